The van der Waals surface area contributed by atoms with Crippen LogP contribution in [0.1, 0.15) is 41.5 Å². The quantitative estimate of drug-likeness (QED) is 0.247. The molecule has 0 radical (unpaired) electrons. The summed E-state index contributed by atoms with van der Waals surface area (Å²) < 4.78 is 0. The summed E-state index contributed by atoms with van der Waals surface area (Å²) in [5.41, 5.74) is 15.2. The maximum Gasteiger partial charge on any atom is 0.0303 e. The smallest absolute Gasteiger partial charge is 0.0303 e. The summed E-state index contributed by atoms with van der Waals surface area (Å²) in [7, 11) is 0. The largest absolute Gasteiger partial charge is 0.264 e. The highest BCUT2D eigenvalue weighted by molar-refractivity contribution is 5.87. The molecule has 0 N–H and O–H groups in total. The van der Waals surface area contributed by atoms with Crippen LogP contribution < -0.4 is 10.4 Å². The summed E-state index contributed by atoms with van der Waals surface area (Å²) in [6, 6.07) is 29.3. The topological polar surface area (TPSA) is 12.9 Å². The molecule has 1 heterocycles. The number of hydrogen-bond donors (Lipinski definition) is 0. The number of aromatic nitrogens is 1. The van der Waals surface area contributed by atoms with E-state index in [-0.39, 0.29) is 0 Å². The van der Waals surface area contributed by atoms with Crippen LogP contribution in [0.4, 0.5) is 0 Å². The van der Waals surface area contributed by atoms with Gasteiger partial charge in [-0.05, 0) is 110 Å². The molecule has 208 valence electrons. The van der Waals surface area contributed by atoms with Gasteiger partial charge in [-0.3, -0.25) is 4.98 Å². The normalized spacial score (nSPS) is 20.4. The SMILES string of the molecule is Cc1cnccc1-c1ccc(C2=CCCC(C3=c4ccccc4=C(C4=Cc5ccccc5CC4)C4C=CC=CC34)=C2)cc1. The highest BCUT2D eigenvalue weighted by atomic mass is 14.6. The van der Waals surface area contributed by atoms with Crippen molar-refractivity contribution in [3.05, 3.63) is 172 Å². The van der Waals surface area contributed by atoms with Gasteiger partial charge in [-0.15, -0.1) is 0 Å². The third-order valence-electron chi connectivity index (χ3n) is 9.71. The van der Waals surface area contributed by atoms with Crippen molar-refractivity contribution in [2.75, 3.05) is 0 Å². The second-order valence-corrected chi connectivity index (χ2v) is 12.2. The Hall–Kier alpha value is -4.75. The molecule has 0 spiro atoms. The molecule has 2 unspecified atom stereocenters. The summed E-state index contributed by atoms with van der Waals surface area (Å²) in [6.07, 6.45) is 25.0. The first kappa shape index (κ1) is 25.9. The molecule has 0 amide bonds. The molecule has 3 aromatic carbocycles. The molecule has 1 heteroatoms. The van der Waals surface area contributed by atoms with E-state index < -0.39 is 0 Å². The van der Waals surface area contributed by atoms with Crippen molar-refractivity contribution in [1.29, 1.82) is 0 Å². The Labute approximate surface area is 254 Å². The van der Waals surface area contributed by atoms with Gasteiger partial charge in [0.2, 0.25) is 0 Å². The molecule has 0 bridgehead atoms. The number of pyridine rings is 1. The predicted molar refractivity (Wildman–Crippen MR) is 180 cm³/mol. The number of aryl methyl sites for hydroxylation is 2. The number of hydrogen-bond acceptors (Lipinski definition) is 1. The Balaban J connectivity index is 1.25. The van der Waals surface area contributed by atoms with Crippen molar-refractivity contribution in [2.45, 2.75) is 32.6 Å². The first-order chi connectivity index (χ1) is 21.2. The maximum atomic E-state index is 4.27. The second-order valence-electron chi connectivity index (χ2n) is 12.2. The zero-order chi connectivity index (χ0) is 28.8. The molecule has 4 aliphatic rings. The Morgan fingerprint density at radius 3 is 2.07 bits per heavy atom. The molecule has 0 fully saturated rings. The van der Waals surface area contributed by atoms with Crippen LogP contribution in [0.15, 0.2) is 139 Å². The molecule has 1 aromatic heterocycles. The Morgan fingerprint density at radius 2 is 1.33 bits per heavy atom. The van der Waals surface area contributed by atoms with E-state index in [1.165, 1.54) is 71.7 Å². The van der Waals surface area contributed by atoms with Crippen LogP contribution in [-0.2, 0) is 6.42 Å². The highest BCUT2D eigenvalue weighted by Crippen LogP contribution is 2.44. The minimum atomic E-state index is 0.343. The van der Waals surface area contributed by atoms with E-state index in [2.05, 4.69) is 133 Å². The van der Waals surface area contributed by atoms with Gasteiger partial charge < -0.3 is 0 Å². The van der Waals surface area contributed by atoms with E-state index in [1.54, 1.807) is 0 Å². The fourth-order valence-electron chi connectivity index (χ4n) is 7.64. The fraction of sp³-hybridized carbons (Fsp3) is 0.167. The molecule has 4 aliphatic carbocycles. The zero-order valence-corrected chi connectivity index (χ0v) is 24.6. The lowest BCUT2D eigenvalue weighted by Gasteiger charge is -2.36. The van der Waals surface area contributed by atoms with Gasteiger partial charge in [0.1, 0.15) is 0 Å². The third kappa shape index (κ3) is 4.61. The van der Waals surface area contributed by atoms with Crippen LogP contribution in [0.25, 0.3) is 33.9 Å². The van der Waals surface area contributed by atoms with Gasteiger partial charge >= 0.3 is 0 Å². The van der Waals surface area contributed by atoms with Gasteiger partial charge in [0, 0.05) is 24.2 Å². The molecule has 8 rings (SSSR count). The minimum Gasteiger partial charge on any atom is -0.264 e. The Morgan fingerprint density at radius 1 is 0.651 bits per heavy atom. The van der Waals surface area contributed by atoms with E-state index in [0.29, 0.717) is 11.8 Å². The molecule has 2 atom stereocenters. The minimum absolute atomic E-state index is 0.343. The molecule has 43 heavy (non-hydrogen) atoms. The van der Waals surface area contributed by atoms with Gasteiger partial charge in [0.25, 0.3) is 0 Å². The molecule has 4 aromatic rings. The number of fused-ring (bicyclic) bond motifs is 3. The van der Waals surface area contributed by atoms with Crippen LogP contribution in [0.2, 0.25) is 0 Å². The number of allylic oxidation sites excluding steroid dienone is 9. The van der Waals surface area contributed by atoms with Crippen LogP contribution >= 0.6 is 0 Å². The van der Waals surface area contributed by atoms with Crippen LogP contribution in [0.3, 0.4) is 0 Å². The van der Waals surface area contributed by atoms with Crippen molar-refractivity contribution in [3.8, 4) is 11.1 Å². The first-order valence-electron chi connectivity index (χ1n) is 15.6. The fourth-order valence-corrected chi connectivity index (χ4v) is 7.64. The van der Waals surface area contributed by atoms with Crippen LogP contribution in [0, 0.1) is 18.8 Å². The van der Waals surface area contributed by atoms with Gasteiger partial charge in [-0.25, -0.2) is 0 Å². The second kappa shape index (κ2) is 10.8. The van der Waals surface area contributed by atoms with Crippen molar-refractivity contribution >= 4 is 22.8 Å². The van der Waals surface area contributed by atoms with E-state index >= 15 is 0 Å². The molecule has 0 aliphatic heterocycles. The molecular weight excluding hydrogens is 518 g/mol. The van der Waals surface area contributed by atoms with Crippen LogP contribution in [-0.4, -0.2) is 4.98 Å². The van der Waals surface area contributed by atoms with E-state index in [0.717, 1.165) is 25.7 Å². The molecule has 1 nitrogen and oxygen atoms in total. The zero-order valence-electron chi connectivity index (χ0n) is 24.6. The van der Waals surface area contributed by atoms with Crippen molar-refractivity contribution in [1.82, 2.24) is 4.98 Å². The summed E-state index contributed by atoms with van der Waals surface area (Å²) in [5.74, 6) is 0.695. The van der Waals surface area contributed by atoms with E-state index in [1.807, 2.05) is 12.4 Å². The average Bonchev–Trinajstić information content (AvgIpc) is 3.07. The van der Waals surface area contributed by atoms with Gasteiger partial charge in [0.15, 0.2) is 0 Å². The molecular formula is C42H35N. The Bertz CT molecular complexity index is 2030. The van der Waals surface area contributed by atoms with Crippen molar-refractivity contribution < 1.29 is 0 Å². The number of rotatable bonds is 4. The lowest BCUT2D eigenvalue weighted by Crippen LogP contribution is -2.40. The van der Waals surface area contributed by atoms with E-state index in [4.69, 9.17) is 0 Å². The molecule has 0 saturated heterocycles. The average molecular weight is 554 g/mol. The number of benzene rings is 3. The van der Waals surface area contributed by atoms with Crippen molar-refractivity contribution in [3.63, 3.8) is 0 Å². The van der Waals surface area contributed by atoms with Gasteiger partial charge in [-0.2, -0.15) is 0 Å². The highest BCUT2D eigenvalue weighted by Gasteiger charge is 2.34. The first-order valence-corrected chi connectivity index (χ1v) is 15.6. The number of nitrogens with zero attached hydrogens (tertiary/aromatic N) is 1. The van der Waals surface area contributed by atoms with Gasteiger partial charge in [-0.1, -0.05) is 115 Å². The van der Waals surface area contributed by atoms with E-state index in [9.17, 15) is 0 Å². The summed E-state index contributed by atoms with van der Waals surface area (Å²) in [6.45, 7) is 2.13. The Kier molecular flexibility index (Phi) is 6.52. The monoisotopic (exact) mass is 553 g/mol. The summed E-state index contributed by atoms with van der Waals surface area (Å²) in [5, 5.41) is 2.83. The molecule has 0 saturated carbocycles. The predicted octanol–water partition coefficient (Wildman–Crippen LogP) is 8.56. The maximum absolute atomic E-state index is 4.27. The summed E-state index contributed by atoms with van der Waals surface area (Å²) >= 11 is 0. The summed E-state index contributed by atoms with van der Waals surface area (Å²) in [4.78, 5) is 4.27. The van der Waals surface area contributed by atoms with Gasteiger partial charge in [0.05, 0.1) is 0 Å². The van der Waals surface area contributed by atoms with Crippen LogP contribution in [0.5, 0.6) is 0 Å². The standard InChI is InChI=1S/C42H35N/c1-28-27-43-24-23-36(28)31-20-17-30(18-21-31)33-11-8-12-34(25-33)41-37-13-4-6-15-39(37)42(40-16-7-5-14-38(40)41)35-22-19-29-9-2-3-10-32(29)26-35/h2-7,9-11,13-18,20-21,23-27,37,39H,8,12,19,22H2,1H3. The lowest BCUT2D eigenvalue weighted by molar-refractivity contribution is 0.673. The lowest BCUT2D eigenvalue weighted by atomic mass is 9.67. The van der Waals surface area contributed by atoms with Crippen molar-refractivity contribution in [2.24, 2.45) is 11.8 Å². The third-order valence-corrected chi connectivity index (χ3v) is 9.71.